The van der Waals surface area contributed by atoms with E-state index in [0.29, 0.717) is 12.0 Å². The van der Waals surface area contributed by atoms with Crippen LogP contribution in [0.5, 0.6) is 0 Å². The monoisotopic (exact) mass is 263 g/mol. The normalized spacial score (nSPS) is 12.9. The van der Waals surface area contributed by atoms with Crippen LogP contribution in [0.3, 0.4) is 0 Å². The lowest BCUT2D eigenvalue weighted by Gasteiger charge is -2.18. The van der Waals surface area contributed by atoms with Gasteiger partial charge in [-0.05, 0) is 50.3 Å². The van der Waals surface area contributed by atoms with Gasteiger partial charge in [-0.2, -0.15) is 0 Å². The smallest absolute Gasteiger partial charge is 0.0466 e. The molecule has 1 rings (SSSR count). The lowest BCUT2D eigenvalue weighted by Crippen LogP contribution is -2.17. The number of benzene rings is 1. The first-order valence-corrected chi connectivity index (χ1v) is 7.51. The molecule has 0 fully saturated rings. The van der Waals surface area contributed by atoms with Gasteiger partial charge in [-0.15, -0.1) is 0 Å². The Hall–Kier alpha value is -0.860. The van der Waals surface area contributed by atoms with Crippen LogP contribution in [-0.4, -0.2) is 20.3 Å². The standard InChI is InChI=1S/C17H29NO/c1-5-19-11-7-10-17(18-4)16-9-6-8-15(13-16)12-14(2)3/h6,8-9,13-14,17-18H,5,7,10-12H2,1-4H3. The summed E-state index contributed by atoms with van der Waals surface area (Å²) in [7, 11) is 2.04. The van der Waals surface area contributed by atoms with Crippen LogP contribution in [0.15, 0.2) is 24.3 Å². The molecule has 0 saturated heterocycles. The molecule has 0 aliphatic rings. The Morgan fingerprint density at radius 2 is 2.05 bits per heavy atom. The van der Waals surface area contributed by atoms with Gasteiger partial charge in [0.2, 0.25) is 0 Å². The minimum Gasteiger partial charge on any atom is -0.382 e. The molecule has 0 aliphatic carbocycles. The summed E-state index contributed by atoms with van der Waals surface area (Å²) in [4.78, 5) is 0. The molecule has 0 amide bonds. The van der Waals surface area contributed by atoms with E-state index in [1.54, 1.807) is 0 Å². The number of hydrogen-bond acceptors (Lipinski definition) is 2. The molecule has 1 atom stereocenters. The highest BCUT2D eigenvalue weighted by atomic mass is 16.5. The summed E-state index contributed by atoms with van der Waals surface area (Å²) in [5, 5.41) is 3.42. The molecule has 0 saturated carbocycles. The number of nitrogens with one attached hydrogen (secondary N) is 1. The molecule has 1 unspecified atom stereocenters. The van der Waals surface area contributed by atoms with Crippen LogP contribution in [0.4, 0.5) is 0 Å². The second kappa shape index (κ2) is 9.11. The average Bonchev–Trinajstić information content (AvgIpc) is 2.38. The predicted molar refractivity (Wildman–Crippen MR) is 82.5 cm³/mol. The fraction of sp³-hybridized carbons (Fsp3) is 0.647. The van der Waals surface area contributed by atoms with Crippen LogP contribution >= 0.6 is 0 Å². The topological polar surface area (TPSA) is 21.3 Å². The summed E-state index contributed by atoms with van der Waals surface area (Å²) in [6.45, 7) is 8.26. The van der Waals surface area contributed by atoms with Crippen molar-refractivity contribution in [1.82, 2.24) is 5.32 Å². The average molecular weight is 263 g/mol. The van der Waals surface area contributed by atoms with Crippen molar-refractivity contribution in [2.24, 2.45) is 5.92 Å². The number of ether oxygens (including phenoxy) is 1. The van der Waals surface area contributed by atoms with Crippen LogP contribution in [0, 0.1) is 5.92 Å². The molecule has 2 nitrogen and oxygen atoms in total. The van der Waals surface area contributed by atoms with Gasteiger partial charge >= 0.3 is 0 Å². The van der Waals surface area contributed by atoms with Crippen molar-refractivity contribution in [3.05, 3.63) is 35.4 Å². The first kappa shape index (κ1) is 16.2. The third kappa shape index (κ3) is 6.22. The maximum atomic E-state index is 5.41. The zero-order chi connectivity index (χ0) is 14.1. The number of rotatable bonds is 9. The summed E-state index contributed by atoms with van der Waals surface area (Å²) in [5.74, 6) is 0.709. The maximum absolute atomic E-state index is 5.41. The molecule has 0 spiro atoms. The van der Waals surface area contributed by atoms with E-state index < -0.39 is 0 Å². The molecule has 1 N–H and O–H groups in total. The van der Waals surface area contributed by atoms with Crippen LogP contribution in [0.1, 0.15) is 50.8 Å². The van der Waals surface area contributed by atoms with Gasteiger partial charge in [0, 0.05) is 19.3 Å². The van der Waals surface area contributed by atoms with Gasteiger partial charge in [0.25, 0.3) is 0 Å². The maximum Gasteiger partial charge on any atom is 0.0466 e. The lowest BCUT2D eigenvalue weighted by molar-refractivity contribution is 0.141. The highest BCUT2D eigenvalue weighted by Crippen LogP contribution is 2.20. The molecule has 0 aromatic heterocycles. The van der Waals surface area contributed by atoms with E-state index in [2.05, 4.69) is 43.4 Å². The summed E-state index contributed by atoms with van der Waals surface area (Å²) < 4.78 is 5.41. The minimum absolute atomic E-state index is 0.438. The molecule has 0 bridgehead atoms. The summed E-state index contributed by atoms with van der Waals surface area (Å²) >= 11 is 0. The van der Waals surface area contributed by atoms with Gasteiger partial charge in [-0.3, -0.25) is 0 Å². The molecule has 2 heteroatoms. The van der Waals surface area contributed by atoms with Crippen molar-refractivity contribution in [2.75, 3.05) is 20.3 Å². The van der Waals surface area contributed by atoms with Crippen molar-refractivity contribution in [3.63, 3.8) is 0 Å². The Kier molecular flexibility index (Phi) is 7.76. The van der Waals surface area contributed by atoms with Gasteiger partial charge < -0.3 is 10.1 Å². The molecule has 0 radical (unpaired) electrons. The van der Waals surface area contributed by atoms with Gasteiger partial charge in [-0.1, -0.05) is 38.1 Å². The largest absolute Gasteiger partial charge is 0.382 e. The Morgan fingerprint density at radius 3 is 2.68 bits per heavy atom. The molecule has 108 valence electrons. The first-order chi connectivity index (χ1) is 9.17. The molecule has 0 heterocycles. The van der Waals surface area contributed by atoms with Gasteiger partial charge in [0.05, 0.1) is 0 Å². The van der Waals surface area contributed by atoms with Crippen LogP contribution in [0.25, 0.3) is 0 Å². The van der Waals surface area contributed by atoms with Gasteiger partial charge in [0.15, 0.2) is 0 Å². The molecule has 0 aliphatic heterocycles. The molecular weight excluding hydrogens is 234 g/mol. The van der Waals surface area contributed by atoms with Crippen molar-refractivity contribution in [3.8, 4) is 0 Å². The van der Waals surface area contributed by atoms with E-state index >= 15 is 0 Å². The second-order valence-electron chi connectivity index (χ2n) is 5.52. The Labute approximate surface area is 118 Å². The summed E-state index contributed by atoms with van der Waals surface area (Å²) in [5.41, 5.74) is 2.84. The van der Waals surface area contributed by atoms with E-state index in [9.17, 15) is 0 Å². The fourth-order valence-corrected chi connectivity index (χ4v) is 2.42. The van der Waals surface area contributed by atoms with E-state index in [-0.39, 0.29) is 0 Å². The van der Waals surface area contributed by atoms with Crippen molar-refractivity contribution >= 4 is 0 Å². The Morgan fingerprint density at radius 1 is 1.26 bits per heavy atom. The third-order valence-corrected chi connectivity index (χ3v) is 3.33. The Balaban J connectivity index is 2.59. The lowest BCUT2D eigenvalue weighted by atomic mass is 9.96. The van der Waals surface area contributed by atoms with Crippen molar-refractivity contribution in [1.29, 1.82) is 0 Å². The zero-order valence-electron chi connectivity index (χ0n) is 12.9. The van der Waals surface area contributed by atoms with Gasteiger partial charge in [-0.25, -0.2) is 0 Å². The third-order valence-electron chi connectivity index (χ3n) is 3.33. The molecule has 1 aromatic rings. The van der Waals surface area contributed by atoms with Crippen LogP contribution in [0.2, 0.25) is 0 Å². The predicted octanol–water partition coefficient (Wildman–Crippen LogP) is 3.96. The van der Waals surface area contributed by atoms with Gasteiger partial charge in [0.1, 0.15) is 0 Å². The van der Waals surface area contributed by atoms with Crippen molar-refractivity contribution in [2.45, 2.75) is 46.1 Å². The number of hydrogen-bond donors (Lipinski definition) is 1. The summed E-state index contributed by atoms with van der Waals surface area (Å²) in [6, 6.07) is 9.43. The molecule has 19 heavy (non-hydrogen) atoms. The van der Waals surface area contributed by atoms with E-state index in [1.165, 1.54) is 11.1 Å². The van der Waals surface area contributed by atoms with Crippen LogP contribution in [-0.2, 0) is 11.2 Å². The summed E-state index contributed by atoms with van der Waals surface area (Å²) in [6.07, 6.45) is 3.39. The molecule has 1 aromatic carbocycles. The van der Waals surface area contributed by atoms with Crippen LogP contribution < -0.4 is 5.32 Å². The molecular formula is C17H29NO. The van der Waals surface area contributed by atoms with E-state index in [0.717, 1.165) is 32.5 Å². The van der Waals surface area contributed by atoms with Crippen molar-refractivity contribution < 1.29 is 4.74 Å². The fourth-order valence-electron chi connectivity index (χ4n) is 2.42. The second-order valence-corrected chi connectivity index (χ2v) is 5.52. The van der Waals surface area contributed by atoms with E-state index in [4.69, 9.17) is 4.74 Å². The minimum atomic E-state index is 0.438. The first-order valence-electron chi connectivity index (χ1n) is 7.51. The zero-order valence-corrected chi connectivity index (χ0v) is 12.9. The SMILES string of the molecule is CCOCCCC(NC)c1cccc(CC(C)C)c1. The Bertz CT molecular complexity index is 349. The quantitative estimate of drug-likeness (QED) is 0.681. The highest BCUT2D eigenvalue weighted by Gasteiger charge is 2.09. The highest BCUT2D eigenvalue weighted by molar-refractivity contribution is 5.26. The van der Waals surface area contributed by atoms with E-state index in [1.807, 2.05) is 14.0 Å².